The fourth-order valence-electron chi connectivity index (χ4n) is 3.38. The van der Waals surface area contributed by atoms with Crippen LogP contribution in [-0.4, -0.2) is 43.7 Å². The quantitative estimate of drug-likeness (QED) is 0.771. The Kier molecular flexibility index (Phi) is 7.63. The van der Waals surface area contributed by atoms with Crippen molar-refractivity contribution >= 4 is 17.9 Å². The summed E-state index contributed by atoms with van der Waals surface area (Å²) in [7, 11) is 2.96. The molecule has 0 saturated carbocycles. The molecule has 0 aromatic heterocycles. The van der Waals surface area contributed by atoms with Crippen LogP contribution in [0.3, 0.4) is 0 Å². The van der Waals surface area contributed by atoms with E-state index in [0.29, 0.717) is 24.3 Å². The van der Waals surface area contributed by atoms with E-state index in [4.69, 9.17) is 9.57 Å². The van der Waals surface area contributed by atoms with Crippen LogP contribution in [-0.2, 0) is 16.1 Å². The number of benzene rings is 2. The normalized spacial score (nSPS) is 17.4. The maximum atomic E-state index is 13.1. The van der Waals surface area contributed by atoms with Crippen molar-refractivity contribution in [3.05, 3.63) is 71.3 Å². The average molecular weight is 408 g/mol. The lowest BCUT2D eigenvalue weighted by Gasteiger charge is -2.24. The minimum atomic E-state index is -0.782. The lowest BCUT2D eigenvalue weighted by atomic mass is 9.98. The lowest BCUT2D eigenvalue weighted by Crippen LogP contribution is -2.48. The number of ether oxygens (including phenoxy) is 1. The molecule has 1 heterocycles. The van der Waals surface area contributed by atoms with Gasteiger partial charge in [0.05, 0.1) is 19.3 Å². The maximum Gasteiger partial charge on any atom is 0.268 e. The second-order valence-corrected chi connectivity index (χ2v) is 7.19. The van der Waals surface area contributed by atoms with Gasteiger partial charge in [-0.1, -0.05) is 48.6 Å². The first-order valence-electron chi connectivity index (χ1n) is 10.2. The first-order chi connectivity index (χ1) is 14.6. The molecule has 0 spiro atoms. The smallest absolute Gasteiger partial charge is 0.268 e. The first kappa shape index (κ1) is 21.6. The maximum absolute atomic E-state index is 13.1. The Labute approximate surface area is 177 Å². The summed E-state index contributed by atoms with van der Waals surface area (Å²) in [5.41, 5.74) is 2.43. The van der Waals surface area contributed by atoms with Gasteiger partial charge in [0, 0.05) is 13.5 Å². The molecule has 1 aliphatic heterocycles. The zero-order valence-electron chi connectivity index (χ0n) is 17.5. The van der Waals surface area contributed by atoms with Crippen molar-refractivity contribution in [3.8, 4) is 5.75 Å². The van der Waals surface area contributed by atoms with Crippen molar-refractivity contribution in [2.45, 2.75) is 31.7 Å². The number of allylic oxidation sites excluding steroid dienone is 1. The molecule has 0 aliphatic carbocycles. The molecule has 3 rings (SSSR count). The van der Waals surface area contributed by atoms with Gasteiger partial charge in [-0.15, -0.1) is 0 Å². The summed E-state index contributed by atoms with van der Waals surface area (Å²) in [4.78, 5) is 31.1. The summed E-state index contributed by atoms with van der Waals surface area (Å²) in [5, 5.41) is 4.02. The molecule has 6 nitrogen and oxygen atoms in total. The summed E-state index contributed by atoms with van der Waals surface area (Å²) in [6.07, 6.45) is 7.39. The molecule has 158 valence electrons. The molecule has 0 bridgehead atoms. The third kappa shape index (κ3) is 5.48. The number of fused-ring (bicyclic) bond motifs is 2. The van der Waals surface area contributed by atoms with E-state index < -0.39 is 6.04 Å². The molecule has 0 fully saturated rings. The largest absolute Gasteiger partial charge is 0.493 e. The van der Waals surface area contributed by atoms with Crippen LogP contribution in [0.25, 0.3) is 6.08 Å². The van der Waals surface area contributed by atoms with Crippen LogP contribution in [0.15, 0.2) is 54.6 Å². The number of nitrogens with one attached hydrogen (secondary N) is 1. The molecule has 0 saturated heterocycles. The van der Waals surface area contributed by atoms with E-state index in [2.05, 4.69) is 17.5 Å². The van der Waals surface area contributed by atoms with Gasteiger partial charge in [0.1, 0.15) is 11.8 Å². The Hall–Kier alpha value is -3.12. The Bertz CT molecular complexity index is 910. The van der Waals surface area contributed by atoms with E-state index in [0.717, 1.165) is 35.5 Å². The standard InChI is InChI=1S/C24H28N2O4/c1-26(29-2)24(28)21-17-19-13-7-6-12-18(19)11-5-3-4-10-16-30-22-15-9-8-14-20(22)23(27)25-21/h5-9,11-15,21H,3-4,10,16-17H2,1-2H3,(H,25,27)/t21-/m0/s1. The number of hydroxylamine groups is 2. The molecule has 2 aromatic rings. The highest BCUT2D eigenvalue weighted by atomic mass is 16.7. The van der Waals surface area contributed by atoms with Crippen molar-refractivity contribution < 1.29 is 19.2 Å². The molecule has 30 heavy (non-hydrogen) atoms. The third-order valence-electron chi connectivity index (χ3n) is 5.12. The van der Waals surface area contributed by atoms with Gasteiger partial charge >= 0.3 is 0 Å². The van der Waals surface area contributed by atoms with E-state index >= 15 is 0 Å². The molecular weight excluding hydrogens is 380 g/mol. The van der Waals surface area contributed by atoms with Crippen molar-refractivity contribution in [2.75, 3.05) is 20.8 Å². The van der Waals surface area contributed by atoms with Crippen LogP contribution in [0.5, 0.6) is 5.75 Å². The highest BCUT2D eigenvalue weighted by molar-refractivity contribution is 5.99. The number of hydrogen-bond acceptors (Lipinski definition) is 4. The van der Waals surface area contributed by atoms with E-state index in [1.54, 1.807) is 18.2 Å². The summed E-state index contributed by atoms with van der Waals surface area (Å²) in [6.45, 7) is 0.531. The van der Waals surface area contributed by atoms with E-state index in [-0.39, 0.29) is 11.8 Å². The van der Waals surface area contributed by atoms with Gasteiger partial charge in [0.25, 0.3) is 11.8 Å². The first-order valence-corrected chi connectivity index (χ1v) is 10.2. The van der Waals surface area contributed by atoms with Crippen LogP contribution >= 0.6 is 0 Å². The van der Waals surface area contributed by atoms with Crippen molar-refractivity contribution in [2.24, 2.45) is 0 Å². The van der Waals surface area contributed by atoms with E-state index in [1.165, 1.54) is 14.2 Å². The van der Waals surface area contributed by atoms with Gasteiger partial charge in [-0.05, 0) is 42.5 Å². The van der Waals surface area contributed by atoms with E-state index in [9.17, 15) is 9.59 Å². The number of rotatable bonds is 2. The van der Waals surface area contributed by atoms with Crippen molar-refractivity contribution in [1.29, 1.82) is 0 Å². The van der Waals surface area contributed by atoms with Gasteiger partial charge in [-0.25, -0.2) is 5.06 Å². The molecule has 0 unspecified atom stereocenters. The molecule has 6 heteroatoms. The number of carbonyl (C=O) groups excluding carboxylic acids is 2. The molecule has 0 radical (unpaired) electrons. The minimum Gasteiger partial charge on any atom is -0.493 e. The zero-order chi connectivity index (χ0) is 21.3. The average Bonchev–Trinajstić information content (AvgIpc) is 2.78. The Balaban J connectivity index is 1.97. The van der Waals surface area contributed by atoms with Crippen LogP contribution in [0.4, 0.5) is 0 Å². The van der Waals surface area contributed by atoms with Crippen molar-refractivity contribution in [1.82, 2.24) is 10.4 Å². The van der Waals surface area contributed by atoms with Gasteiger partial charge in [0.15, 0.2) is 0 Å². The second kappa shape index (κ2) is 10.6. The fourth-order valence-corrected chi connectivity index (χ4v) is 3.38. The van der Waals surface area contributed by atoms with E-state index in [1.807, 2.05) is 30.3 Å². The molecule has 1 atom stereocenters. The number of para-hydroxylation sites is 1. The Morgan fingerprint density at radius 1 is 1.13 bits per heavy atom. The number of hydrogen-bond donors (Lipinski definition) is 1. The summed E-state index contributed by atoms with van der Waals surface area (Å²) in [6, 6.07) is 14.2. The molecule has 2 aromatic carbocycles. The lowest BCUT2D eigenvalue weighted by molar-refractivity contribution is -0.170. The number of carbonyl (C=O) groups is 2. The Morgan fingerprint density at radius 3 is 2.73 bits per heavy atom. The van der Waals surface area contributed by atoms with Gasteiger partial charge in [0.2, 0.25) is 0 Å². The van der Waals surface area contributed by atoms with Crippen molar-refractivity contribution in [3.63, 3.8) is 0 Å². The Morgan fingerprint density at radius 2 is 1.90 bits per heavy atom. The third-order valence-corrected chi connectivity index (χ3v) is 5.12. The zero-order valence-corrected chi connectivity index (χ0v) is 17.5. The molecule has 1 aliphatic rings. The highest BCUT2D eigenvalue weighted by Gasteiger charge is 2.27. The highest BCUT2D eigenvalue weighted by Crippen LogP contribution is 2.20. The summed E-state index contributed by atoms with van der Waals surface area (Å²) >= 11 is 0. The summed E-state index contributed by atoms with van der Waals surface area (Å²) < 4.78 is 5.86. The number of likely N-dealkylation sites (N-methyl/N-ethyl adjacent to an activating group) is 1. The van der Waals surface area contributed by atoms with Crippen LogP contribution in [0, 0.1) is 0 Å². The second-order valence-electron chi connectivity index (χ2n) is 7.19. The van der Waals surface area contributed by atoms with Gasteiger partial charge < -0.3 is 10.1 Å². The predicted molar refractivity (Wildman–Crippen MR) is 116 cm³/mol. The predicted octanol–water partition coefficient (Wildman–Crippen LogP) is 3.62. The molecule has 1 N–H and O–H groups in total. The monoisotopic (exact) mass is 408 g/mol. The van der Waals surface area contributed by atoms with Crippen LogP contribution < -0.4 is 10.1 Å². The van der Waals surface area contributed by atoms with Gasteiger partial charge in [-0.2, -0.15) is 0 Å². The topological polar surface area (TPSA) is 67.9 Å². The minimum absolute atomic E-state index is 0.327. The number of amides is 2. The summed E-state index contributed by atoms with van der Waals surface area (Å²) in [5.74, 6) is -0.157. The molecule has 2 amide bonds. The van der Waals surface area contributed by atoms with Crippen LogP contribution in [0.2, 0.25) is 0 Å². The number of nitrogens with zero attached hydrogens (tertiary/aromatic N) is 1. The SMILES string of the molecule is CON(C)C(=O)[C@@H]1Cc2ccccc2C=CCCCCOc2ccccc2C(=O)N1. The fraction of sp³-hybridized carbons (Fsp3) is 0.333. The van der Waals surface area contributed by atoms with Gasteiger partial charge in [-0.3, -0.25) is 14.4 Å². The molecular formula is C24H28N2O4. The van der Waals surface area contributed by atoms with Crippen LogP contribution in [0.1, 0.15) is 40.7 Å².